The molecule has 2 aliphatic carbocycles. The van der Waals surface area contributed by atoms with E-state index in [0.29, 0.717) is 5.92 Å². The Labute approximate surface area is 179 Å². The van der Waals surface area contributed by atoms with Crippen molar-refractivity contribution in [2.24, 2.45) is 11.8 Å². The Hall–Kier alpha value is -2.26. The van der Waals surface area contributed by atoms with Gasteiger partial charge in [-0.3, -0.25) is 0 Å². The highest BCUT2D eigenvalue weighted by Gasteiger charge is 2.48. The van der Waals surface area contributed by atoms with Crippen LogP contribution in [0.5, 0.6) is 5.75 Å². The van der Waals surface area contributed by atoms with E-state index in [1.807, 2.05) is 0 Å². The van der Waals surface area contributed by atoms with Crippen molar-refractivity contribution < 1.29 is 4.74 Å². The Morgan fingerprint density at radius 3 is 2.87 bits per heavy atom. The van der Waals surface area contributed by atoms with Gasteiger partial charge in [0.25, 0.3) is 0 Å². The number of fused-ring (bicyclic) bond motifs is 4. The minimum atomic E-state index is 0.205. The zero-order chi connectivity index (χ0) is 20.3. The Balaban J connectivity index is 1.45. The van der Waals surface area contributed by atoms with Crippen LogP contribution in [0.2, 0.25) is 0 Å². The van der Waals surface area contributed by atoms with Crippen molar-refractivity contribution in [3.8, 4) is 5.75 Å². The van der Waals surface area contributed by atoms with E-state index in [1.54, 1.807) is 12.7 Å². The summed E-state index contributed by atoms with van der Waals surface area (Å²) in [6, 6.07) is 15.6. The summed E-state index contributed by atoms with van der Waals surface area (Å²) < 4.78 is 5.62. The molecular formula is C27H32N2O. The van der Waals surface area contributed by atoms with Gasteiger partial charge in [0.1, 0.15) is 5.75 Å². The quantitative estimate of drug-likeness (QED) is 0.648. The number of hydrogen-bond donors (Lipinski definition) is 1. The second-order valence-corrected chi connectivity index (χ2v) is 10.00. The third kappa shape index (κ3) is 2.90. The number of hydrogen-bond acceptors (Lipinski definition) is 2. The molecule has 3 nitrogen and oxygen atoms in total. The van der Waals surface area contributed by atoms with E-state index < -0.39 is 0 Å². The maximum atomic E-state index is 5.62. The number of H-pyrrole nitrogens is 1. The van der Waals surface area contributed by atoms with Crippen LogP contribution in [0.3, 0.4) is 0 Å². The lowest BCUT2D eigenvalue weighted by molar-refractivity contribution is 0.0783. The molecule has 0 radical (unpaired) electrons. The van der Waals surface area contributed by atoms with Gasteiger partial charge in [-0.1, -0.05) is 24.3 Å². The van der Waals surface area contributed by atoms with E-state index in [0.717, 1.165) is 18.1 Å². The molecule has 1 N–H and O–H groups in total. The molecule has 0 amide bonds. The number of nitrogens with one attached hydrogen (secondary N) is 1. The molecule has 3 aromatic rings. The number of rotatable bonds is 4. The maximum Gasteiger partial charge on any atom is 0.119 e. The summed E-state index contributed by atoms with van der Waals surface area (Å²) >= 11 is 0. The lowest BCUT2D eigenvalue weighted by atomic mass is 9.58. The van der Waals surface area contributed by atoms with Crippen molar-refractivity contribution in [3.63, 3.8) is 0 Å². The van der Waals surface area contributed by atoms with E-state index in [9.17, 15) is 0 Å². The molecule has 1 aliphatic heterocycles. The van der Waals surface area contributed by atoms with Crippen molar-refractivity contribution in [1.82, 2.24) is 9.88 Å². The summed E-state index contributed by atoms with van der Waals surface area (Å²) in [5.74, 6) is 2.60. The number of ether oxygens (including phenoxy) is 1. The summed E-state index contributed by atoms with van der Waals surface area (Å²) in [5, 5.41) is 1.48. The first kappa shape index (κ1) is 18.5. The summed E-state index contributed by atoms with van der Waals surface area (Å²) in [5.41, 5.74) is 7.45. The Bertz CT molecular complexity index is 1100. The van der Waals surface area contributed by atoms with Gasteiger partial charge in [-0.05, 0) is 92.3 Å². The zero-order valence-corrected chi connectivity index (χ0v) is 18.2. The summed E-state index contributed by atoms with van der Waals surface area (Å²) in [6.45, 7) is 6.02. The topological polar surface area (TPSA) is 28.3 Å². The van der Waals surface area contributed by atoms with Crippen LogP contribution < -0.4 is 4.74 Å². The molecule has 2 heterocycles. The highest BCUT2D eigenvalue weighted by atomic mass is 16.5. The fourth-order valence-corrected chi connectivity index (χ4v) is 6.38. The monoisotopic (exact) mass is 400 g/mol. The lowest BCUT2D eigenvalue weighted by Gasteiger charge is -2.51. The highest BCUT2D eigenvalue weighted by Crippen LogP contribution is 2.50. The molecule has 2 atom stereocenters. The number of likely N-dealkylation sites (tertiary alicyclic amines) is 1. The molecule has 0 bridgehead atoms. The summed E-state index contributed by atoms with van der Waals surface area (Å²) in [7, 11) is 1.78. The second-order valence-electron chi connectivity index (χ2n) is 10.00. The number of methoxy groups -OCH3 is 1. The minimum Gasteiger partial charge on any atom is -0.497 e. The second kappa shape index (κ2) is 6.88. The van der Waals surface area contributed by atoms with Crippen LogP contribution in [-0.2, 0) is 18.3 Å². The van der Waals surface area contributed by atoms with E-state index in [1.165, 1.54) is 73.0 Å². The van der Waals surface area contributed by atoms with Crippen molar-refractivity contribution in [2.75, 3.05) is 26.7 Å². The van der Waals surface area contributed by atoms with Gasteiger partial charge in [0.05, 0.1) is 7.11 Å². The molecular weight excluding hydrogens is 368 g/mol. The normalized spacial score (nSPS) is 26.4. The first-order valence-corrected chi connectivity index (χ1v) is 11.6. The van der Waals surface area contributed by atoms with Crippen LogP contribution >= 0.6 is 0 Å². The molecule has 3 heteroatoms. The minimum absolute atomic E-state index is 0.205. The molecule has 156 valence electrons. The smallest absolute Gasteiger partial charge is 0.119 e. The van der Waals surface area contributed by atoms with E-state index >= 15 is 0 Å². The van der Waals surface area contributed by atoms with E-state index in [4.69, 9.17) is 4.74 Å². The van der Waals surface area contributed by atoms with E-state index in [2.05, 4.69) is 59.3 Å². The first-order valence-electron chi connectivity index (χ1n) is 11.6. The fourth-order valence-electron chi connectivity index (χ4n) is 6.38. The predicted octanol–water partition coefficient (Wildman–Crippen LogP) is 5.25. The van der Waals surface area contributed by atoms with Gasteiger partial charge in [-0.25, -0.2) is 0 Å². The number of aromatic nitrogens is 1. The van der Waals surface area contributed by atoms with Crippen LogP contribution in [-0.4, -0.2) is 36.6 Å². The Kier molecular flexibility index (Phi) is 4.24. The number of nitrogens with zero attached hydrogens (tertiary/aromatic N) is 1. The predicted molar refractivity (Wildman–Crippen MR) is 122 cm³/mol. The van der Waals surface area contributed by atoms with Gasteiger partial charge < -0.3 is 14.6 Å². The third-order valence-electron chi connectivity index (χ3n) is 8.16. The van der Waals surface area contributed by atoms with Gasteiger partial charge in [-0.2, -0.15) is 0 Å². The van der Waals surface area contributed by atoms with Gasteiger partial charge in [0.15, 0.2) is 0 Å². The van der Waals surface area contributed by atoms with Crippen molar-refractivity contribution >= 4 is 10.9 Å². The zero-order valence-electron chi connectivity index (χ0n) is 18.2. The molecule has 2 aromatic carbocycles. The number of piperidine rings is 1. The van der Waals surface area contributed by atoms with Gasteiger partial charge in [0.2, 0.25) is 0 Å². The summed E-state index contributed by atoms with van der Waals surface area (Å²) in [4.78, 5) is 6.59. The largest absolute Gasteiger partial charge is 0.497 e. The molecule has 1 saturated carbocycles. The third-order valence-corrected chi connectivity index (χ3v) is 8.16. The van der Waals surface area contributed by atoms with Gasteiger partial charge in [0, 0.05) is 35.1 Å². The molecule has 30 heavy (non-hydrogen) atoms. The Morgan fingerprint density at radius 2 is 2.03 bits per heavy atom. The maximum absolute atomic E-state index is 5.62. The van der Waals surface area contributed by atoms with Crippen LogP contribution in [0.1, 0.15) is 41.6 Å². The summed E-state index contributed by atoms with van der Waals surface area (Å²) in [6.07, 6.45) is 6.41. The molecule has 1 saturated heterocycles. The molecule has 0 spiro atoms. The number of benzene rings is 2. The van der Waals surface area contributed by atoms with Crippen molar-refractivity contribution in [3.05, 3.63) is 64.8 Å². The average molecular weight is 401 g/mol. The highest BCUT2D eigenvalue weighted by molar-refractivity contribution is 5.88. The lowest BCUT2D eigenvalue weighted by Crippen LogP contribution is -2.54. The molecule has 6 rings (SSSR count). The SMILES string of the molecule is COc1cccc(C23CCN(CC4CC4)CC2Cc2c([nH]c4cccc(C)c24)C3)c1. The molecule has 3 aliphatic rings. The van der Waals surface area contributed by atoms with Crippen LogP contribution in [0.15, 0.2) is 42.5 Å². The van der Waals surface area contributed by atoms with Crippen molar-refractivity contribution in [1.29, 1.82) is 0 Å². The molecule has 2 unspecified atom stereocenters. The number of aryl methyl sites for hydroxylation is 1. The van der Waals surface area contributed by atoms with Crippen LogP contribution in [0.25, 0.3) is 10.9 Å². The molecule has 1 aromatic heterocycles. The Morgan fingerprint density at radius 1 is 1.17 bits per heavy atom. The fraction of sp³-hybridized carbons (Fsp3) is 0.481. The van der Waals surface area contributed by atoms with Gasteiger partial charge in [-0.15, -0.1) is 0 Å². The van der Waals surface area contributed by atoms with Crippen LogP contribution in [0.4, 0.5) is 0 Å². The molecule has 2 fully saturated rings. The van der Waals surface area contributed by atoms with Gasteiger partial charge >= 0.3 is 0 Å². The number of aromatic amines is 1. The average Bonchev–Trinajstić information content (AvgIpc) is 3.50. The first-order chi connectivity index (χ1) is 14.7. The standard InChI is InChI=1S/C27H32N2O/c1-18-5-3-8-24-26(18)23-14-21-17-29(16-19-9-10-19)12-11-27(21,15-25(23)28-24)20-6-4-7-22(13-20)30-2/h3-8,13,19,21,28H,9-12,14-17H2,1-2H3. The van der Waals surface area contributed by atoms with Crippen LogP contribution in [0, 0.1) is 18.8 Å². The van der Waals surface area contributed by atoms with Crippen molar-refractivity contribution in [2.45, 2.75) is 44.4 Å². The van der Waals surface area contributed by atoms with E-state index in [-0.39, 0.29) is 5.41 Å².